The summed E-state index contributed by atoms with van der Waals surface area (Å²) in [5, 5.41) is 9.94. The Morgan fingerprint density at radius 2 is 2.00 bits per heavy atom. The van der Waals surface area contributed by atoms with E-state index in [0.29, 0.717) is 12.1 Å². The summed E-state index contributed by atoms with van der Waals surface area (Å²) in [4.78, 5) is 2.48. The van der Waals surface area contributed by atoms with Gasteiger partial charge >= 0.3 is 0 Å². The van der Waals surface area contributed by atoms with Crippen molar-refractivity contribution in [2.75, 3.05) is 6.54 Å². The van der Waals surface area contributed by atoms with Crippen molar-refractivity contribution >= 4 is 0 Å². The topological polar surface area (TPSA) is 23.5 Å². The molecule has 4 atom stereocenters. The lowest BCUT2D eigenvalue weighted by Gasteiger charge is -2.35. The van der Waals surface area contributed by atoms with E-state index in [9.17, 15) is 5.11 Å². The second-order valence-electron chi connectivity index (χ2n) is 5.26. The first-order chi connectivity index (χ1) is 7.75. The lowest BCUT2D eigenvalue weighted by molar-refractivity contribution is 0.0361. The number of hydrogen-bond donors (Lipinski definition) is 1. The lowest BCUT2D eigenvalue weighted by atomic mass is 10.0. The van der Waals surface area contributed by atoms with Crippen LogP contribution >= 0.6 is 0 Å². The second-order valence-corrected chi connectivity index (χ2v) is 5.26. The van der Waals surface area contributed by atoms with E-state index in [2.05, 4.69) is 42.2 Å². The fraction of sp³-hybridized carbons (Fsp3) is 0.571. The summed E-state index contributed by atoms with van der Waals surface area (Å²) in [6.07, 6.45) is 2.12. The number of fused-ring (bicyclic) bond motifs is 2. The number of aliphatic hydroxyl groups is 1. The molecule has 2 bridgehead atoms. The molecule has 86 valence electrons. The van der Waals surface area contributed by atoms with E-state index < -0.39 is 0 Å². The highest BCUT2D eigenvalue weighted by Crippen LogP contribution is 2.41. The van der Waals surface area contributed by atoms with Crippen LogP contribution in [0.1, 0.15) is 31.4 Å². The Kier molecular flexibility index (Phi) is 2.49. The predicted octanol–water partition coefficient (Wildman–Crippen LogP) is 2.20. The Bertz CT molecular complexity index is 364. The van der Waals surface area contributed by atoms with Crippen molar-refractivity contribution in [2.24, 2.45) is 5.92 Å². The molecule has 2 aliphatic rings. The zero-order valence-corrected chi connectivity index (χ0v) is 9.71. The molecule has 1 saturated heterocycles. The third-order valence-electron chi connectivity index (χ3n) is 4.27. The summed E-state index contributed by atoms with van der Waals surface area (Å²) in [5.74, 6) is 0.728. The number of aliphatic hydroxyl groups excluding tert-OH is 1. The molecule has 2 fully saturated rings. The minimum absolute atomic E-state index is 0.0927. The molecule has 2 heteroatoms. The molecule has 1 aliphatic carbocycles. The largest absolute Gasteiger partial charge is 0.391 e. The van der Waals surface area contributed by atoms with Gasteiger partial charge in [0, 0.05) is 18.6 Å². The summed E-state index contributed by atoms with van der Waals surface area (Å²) in [7, 11) is 0. The van der Waals surface area contributed by atoms with Crippen molar-refractivity contribution in [3.8, 4) is 0 Å². The van der Waals surface area contributed by atoms with Crippen LogP contribution in [0.15, 0.2) is 30.3 Å². The van der Waals surface area contributed by atoms with Gasteiger partial charge in [-0.05, 0) is 31.2 Å². The number of hydrogen-bond acceptors (Lipinski definition) is 2. The number of nitrogens with zero attached hydrogens (tertiary/aromatic N) is 1. The van der Waals surface area contributed by atoms with Gasteiger partial charge in [0.2, 0.25) is 0 Å². The van der Waals surface area contributed by atoms with Crippen LogP contribution in [0, 0.1) is 5.92 Å². The molecule has 0 amide bonds. The van der Waals surface area contributed by atoms with Gasteiger partial charge in [-0.25, -0.2) is 0 Å². The van der Waals surface area contributed by atoms with Gasteiger partial charge in [0.25, 0.3) is 0 Å². The van der Waals surface area contributed by atoms with Crippen molar-refractivity contribution in [3.05, 3.63) is 35.9 Å². The summed E-state index contributed by atoms with van der Waals surface area (Å²) < 4.78 is 0. The highest BCUT2D eigenvalue weighted by molar-refractivity contribution is 5.19. The molecule has 1 aliphatic heterocycles. The van der Waals surface area contributed by atoms with Crippen molar-refractivity contribution in [3.63, 3.8) is 0 Å². The van der Waals surface area contributed by atoms with Crippen molar-refractivity contribution in [1.82, 2.24) is 4.90 Å². The molecule has 1 aromatic carbocycles. The molecule has 1 N–H and O–H groups in total. The Balaban J connectivity index is 1.79. The molecule has 2 nitrogen and oxygen atoms in total. The maximum atomic E-state index is 9.94. The molecular formula is C14H19NO. The van der Waals surface area contributed by atoms with E-state index in [1.54, 1.807) is 0 Å². The zero-order valence-electron chi connectivity index (χ0n) is 9.71. The number of rotatable bonds is 2. The molecule has 3 rings (SSSR count). The SMILES string of the molecule is C[C@H](c1ccccc1)N1C[C@H]2C[C@H](O)[C@@H]1C2. The number of benzene rings is 1. The predicted molar refractivity (Wildman–Crippen MR) is 64.1 cm³/mol. The van der Waals surface area contributed by atoms with Crippen molar-refractivity contribution in [1.29, 1.82) is 0 Å². The fourth-order valence-electron chi connectivity index (χ4n) is 3.40. The van der Waals surface area contributed by atoms with Crippen LogP contribution in [0.3, 0.4) is 0 Å². The van der Waals surface area contributed by atoms with Crippen molar-refractivity contribution in [2.45, 2.75) is 38.0 Å². The van der Waals surface area contributed by atoms with E-state index in [1.165, 1.54) is 12.0 Å². The number of piperidine rings is 1. The third kappa shape index (κ3) is 1.57. The Labute approximate surface area is 96.9 Å². The lowest BCUT2D eigenvalue weighted by Crippen LogP contribution is -2.42. The first-order valence-corrected chi connectivity index (χ1v) is 6.24. The van der Waals surface area contributed by atoms with Gasteiger partial charge in [-0.3, -0.25) is 4.90 Å². The first-order valence-electron chi connectivity index (χ1n) is 6.24. The maximum absolute atomic E-state index is 9.94. The smallest absolute Gasteiger partial charge is 0.0698 e. The molecule has 1 aromatic rings. The quantitative estimate of drug-likeness (QED) is 0.821. The van der Waals surface area contributed by atoms with Crippen LogP contribution in [0.2, 0.25) is 0 Å². The molecule has 0 radical (unpaired) electrons. The molecule has 16 heavy (non-hydrogen) atoms. The van der Waals surface area contributed by atoms with Gasteiger partial charge in [0.05, 0.1) is 6.10 Å². The molecule has 0 unspecified atom stereocenters. The van der Waals surface area contributed by atoms with Gasteiger partial charge in [0.15, 0.2) is 0 Å². The second kappa shape index (κ2) is 3.86. The summed E-state index contributed by atoms with van der Waals surface area (Å²) >= 11 is 0. The Morgan fingerprint density at radius 3 is 2.62 bits per heavy atom. The molecular weight excluding hydrogens is 198 g/mol. The van der Waals surface area contributed by atoms with Gasteiger partial charge < -0.3 is 5.11 Å². The zero-order chi connectivity index (χ0) is 11.1. The van der Waals surface area contributed by atoms with Crippen molar-refractivity contribution < 1.29 is 5.11 Å². The Hall–Kier alpha value is -0.860. The average molecular weight is 217 g/mol. The van der Waals surface area contributed by atoms with Crippen LogP contribution < -0.4 is 0 Å². The molecule has 1 heterocycles. The third-order valence-corrected chi connectivity index (χ3v) is 4.27. The fourth-order valence-corrected chi connectivity index (χ4v) is 3.40. The first kappa shape index (κ1) is 10.3. The summed E-state index contributed by atoms with van der Waals surface area (Å²) in [5.41, 5.74) is 1.36. The molecule has 1 saturated carbocycles. The summed E-state index contributed by atoms with van der Waals surface area (Å²) in [6.45, 7) is 3.42. The van der Waals surface area contributed by atoms with E-state index in [4.69, 9.17) is 0 Å². The monoisotopic (exact) mass is 217 g/mol. The van der Waals surface area contributed by atoms with Crippen LogP contribution in [0.4, 0.5) is 0 Å². The van der Waals surface area contributed by atoms with E-state index in [-0.39, 0.29) is 6.10 Å². The van der Waals surface area contributed by atoms with Crippen LogP contribution in [-0.4, -0.2) is 28.7 Å². The van der Waals surface area contributed by atoms with E-state index in [1.807, 2.05) is 0 Å². The maximum Gasteiger partial charge on any atom is 0.0698 e. The Morgan fingerprint density at radius 1 is 1.25 bits per heavy atom. The minimum atomic E-state index is -0.0927. The van der Waals surface area contributed by atoms with Crippen LogP contribution in [0.25, 0.3) is 0 Å². The highest BCUT2D eigenvalue weighted by Gasteiger charge is 2.45. The molecule has 0 aromatic heterocycles. The van der Waals surface area contributed by atoms with Gasteiger partial charge in [-0.2, -0.15) is 0 Å². The summed E-state index contributed by atoms with van der Waals surface area (Å²) in [6, 6.07) is 11.5. The molecule has 0 spiro atoms. The highest BCUT2D eigenvalue weighted by atomic mass is 16.3. The van der Waals surface area contributed by atoms with Gasteiger partial charge in [0.1, 0.15) is 0 Å². The average Bonchev–Trinajstić information content (AvgIpc) is 2.88. The minimum Gasteiger partial charge on any atom is -0.391 e. The van der Waals surface area contributed by atoms with E-state index >= 15 is 0 Å². The van der Waals surface area contributed by atoms with Crippen LogP contribution in [-0.2, 0) is 0 Å². The standard InChI is InChI=1S/C14H19NO/c1-10(12-5-3-2-4-6-12)15-9-11-7-13(15)14(16)8-11/h2-6,10-11,13-14,16H,7-9H2,1H3/t10-,11-,13+,14+/m1/s1. The van der Waals surface area contributed by atoms with Crippen LogP contribution in [0.5, 0.6) is 0 Å². The van der Waals surface area contributed by atoms with E-state index in [0.717, 1.165) is 18.9 Å². The normalized spacial score (nSPS) is 35.5. The number of likely N-dealkylation sites (tertiary alicyclic amines) is 1. The van der Waals surface area contributed by atoms with Gasteiger partial charge in [-0.1, -0.05) is 30.3 Å². The van der Waals surface area contributed by atoms with Gasteiger partial charge in [-0.15, -0.1) is 0 Å².